The van der Waals surface area contributed by atoms with Crippen molar-refractivity contribution in [2.45, 2.75) is 46.8 Å². The van der Waals surface area contributed by atoms with Gasteiger partial charge in [0.25, 0.3) is 5.91 Å². The van der Waals surface area contributed by atoms with Crippen molar-refractivity contribution < 1.29 is 19.1 Å². The number of rotatable bonds is 10. The van der Waals surface area contributed by atoms with Gasteiger partial charge < -0.3 is 20.1 Å². The van der Waals surface area contributed by atoms with E-state index in [9.17, 15) is 9.59 Å². The number of carbonyl (C=O) groups excluding carboxylic acids is 2. The Bertz CT molecular complexity index is 676. The summed E-state index contributed by atoms with van der Waals surface area (Å²) in [4.78, 5) is 27.8. The molecule has 7 nitrogen and oxygen atoms in total. The Kier molecular flexibility index (Phi) is 9.59. The van der Waals surface area contributed by atoms with E-state index in [0.29, 0.717) is 37.0 Å². The second-order valence-electron chi connectivity index (χ2n) is 8.54. The van der Waals surface area contributed by atoms with E-state index >= 15 is 0 Å². The van der Waals surface area contributed by atoms with Gasteiger partial charge in [0.05, 0.1) is 19.3 Å². The third-order valence-electron chi connectivity index (χ3n) is 5.01. The van der Waals surface area contributed by atoms with Gasteiger partial charge in [-0.2, -0.15) is 0 Å². The van der Waals surface area contributed by atoms with E-state index in [2.05, 4.69) is 29.4 Å². The van der Waals surface area contributed by atoms with E-state index in [1.807, 2.05) is 20.8 Å². The van der Waals surface area contributed by atoms with Gasteiger partial charge in [-0.3, -0.25) is 14.5 Å². The molecule has 0 saturated carbocycles. The number of nitrogens with one attached hydrogen (secondary N) is 2. The van der Waals surface area contributed by atoms with Crippen LogP contribution in [0.25, 0.3) is 0 Å². The van der Waals surface area contributed by atoms with Gasteiger partial charge >= 0.3 is 0 Å². The predicted octanol–water partition coefficient (Wildman–Crippen LogP) is 2.31. The monoisotopic (exact) mass is 419 g/mol. The number of morpholine rings is 1. The molecule has 1 heterocycles. The molecule has 2 atom stereocenters. The van der Waals surface area contributed by atoms with Crippen molar-refractivity contribution in [3.63, 3.8) is 0 Å². The van der Waals surface area contributed by atoms with Gasteiger partial charge in [0.1, 0.15) is 11.8 Å². The average molecular weight is 420 g/mol. The summed E-state index contributed by atoms with van der Waals surface area (Å²) in [6.45, 7) is 14.6. The van der Waals surface area contributed by atoms with Crippen molar-refractivity contribution in [2.24, 2.45) is 11.8 Å². The highest BCUT2D eigenvalue weighted by molar-refractivity contribution is 5.97. The number of hydrogen-bond donors (Lipinski definition) is 2. The molecular formula is C23H37N3O4. The minimum Gasteiger partial charge on any atom is -0.494 e. The molecule has 0 radical (unpaired) electrons. The standard InChI is InChI=1S/C23H37N3O4/c1-6-29-19-9-7-18(8-10-19)22(27)25-21(17(4)5)23(28)24-13-20-15-26(11-12-30-20)14-16(2)3/h7-10,16-17,20-21H,6,11-15H2,1-5H3,(H,24,28)(H,25,27)/t20-,21-/m0/s1. The minimum absolute atomic E-state index is 0.0314. The Morgan fingerprint density at radius 3 is 2.50 bits per heavy atom. The van der Waals surface area contributed by atoms with Gasteiger partial charge in [-0.15, -0.1) is 0 Å². The Hall–Kier alpha value is -2.12. The van der Waals surface area contributed by atoms with Crippen LogP contribution in [0.5, 0.6) is 5.75 Å². The highest BCUT2D eigenvalue weighted by atomic mass is 16.5. The number of nitrogens with zero attached hydrogens (tertiary/aromatic N) is 1. The summed E-state index contributed by atoms with van der Waals surface area (Å²) in [7, 11) is 0. The third kappa shape index (κ3) is 7.61. The van der Waals surface area contributed by atoms with Crippen molar-refractivity contribution in [1.29, 1.82) is 0 Å². The number of amides is 2. The summed E-state index contributed by atoms with van der Waals surface area (Å²) in [5.74, 6) is 0.812. The van der Waals surface area contributed by atoms with Crippen LogP contribution >= 0.6 is 0 Å². The van der Waals surface area contributed by atoms with Crippen molar-refractivity contribution in [3.8, 4) is 5.75 Å². The summed E-state index contributed by atoms with van der Waals surface area (Å²) >= 11 is 0. The van der Waals surface area contributed by atoms with Crippen molar-refractivity contribution in [1.82, 2.24) is 15.5 Å². The van der Waals surface area contributed by atoms with Gasteiger partial charge in [0.2, 0.25) is 5.91 Å². The van der Waals surface area contributed by atoms with E-state index in [-0.39, 0.29) is 23.8 Å². The molecule has 0 aliphatic carbocycles. The Labute approximate surface area is 180 Å². The molecule has 7 heteroatoms. The zero-order valence-electron chi connectivity index (χ0n) is 18.9. The second-order valence-corrected chi connectivity index (χ2v) is 8.54. The number of hydrogen-bond acceptors (Lipinski definition) is 5. The fourth-order valence-electron chi connectivity index (χ4n) is 3.54. The summed E-state index contributed by atoms with van der Waals surface area (Å²) in [6, 6.07) is 6.31. The van der Waals surface area contributed by atoms with E-state index in [1.54, 1.807) is 24.3 Å². The Balaban J connectivity index is 1.88. The molecule has 0 unspecified atom stereocenters. The van der Waals surface area contributed by atoms with E-state index in [1.165, 1.54) is 0 Å². The van der Waals surface area contributed by atoms with E-state index < -0.39 is 6.04 Å². The molecule has 1 aliphatic rings. The van der Waals surface area contributed by atoms with E-state index in [4.69, 9.17) is 9.47 Å². The normalized spacial score (nSPS) is 18.3. The summed E-state index contributed by atoms with van der Waals surface area (Å²) in [5, 5.41) is 5.83. The molecule has 2 amide bonds. The van der Waals surface area contributed by atoms with Crippen LogP contribution in [-0.2, 0) is 9.53 Å². The maximum Gasteiger partial charge on any atom is 0.251 e. The number of carbonyl (C=O) groups is 2. The highest BCUT2D eigenvalue weighted by Gasteiger charge is 2.27. The van der Waals surface area contributed by atoms with Gasteiger partial charge in [0, 0.05) is 31.7 Å². The fourth-order valence-corrected chi connectivity index (χ4v) is 3.54. The van der Waals surface area contributed by atoms with Crippen LogP contribution < -0.4 is 15.4 Å². The molecule has 1 aromatic rings. The molecular weight excluding hydrogens is 382 g/mol. The Morgan fingerprint density at radius 1 is 1.20 bits per heavy atom. The first-order valence-corrected chi connectivity index (χ1v) is 11.0. The van der Waals surface area contributed by atoms with Crippen molar-refractivity contribution in [3.05, 3.63) is 29.8 Å². The third-order valence-corrected chi connectivity index (χ3v) is 5.01. The van der Waals surface area contributed by atoms with Crippen LogP contribution in [0.1, 0.15) is 45.0 Å². The van der Waals surface area contributed by atoms with Gasteiger partial charge in [0.15, 0.2) is 0 Å². The molecule has 30 heavy (non-hydrogen) atoms. The summed E-state index contributed by atoms with van der Waals surface area (Å²) < 4.78 is 11.2. The minimum atomic E-state index is -0.612. The van der Waals surface area contributed by atoms with Crippen LogP contribution in [0.15, 0.2) is 24.3 Å². The van der Waals surface area contributed by atoms with Crippen molar-refractivity contribution in [2.75, 3.05) is 39.4 Å². The quantitative estimate of drug-likeness (QED) is 0.608. The maximum atomic E-state index is 12.8. The first-order valence-electron chi connectivity index (χ1n) is 11.0. The average Bonchev–Trinajstić information content (AvgIpc) is 2.70. The van der Waals surface area contributed by atoms with Gasteiger partial charge in [-0.25, -0.2) is 0 Å². The zero-order valence-corrected chi connectivity index (χ0v) is 18.9. The van der Waals surface area contributed by atoms with Gasteiger partial charge in [-0.05, 0) is 43.0 Å². The topological polar surface area (TPSA) is 79.9 Å². The van der Waals surface area contributed by atoms with Crippen LogP contribution in [0, 0.1) is 11.8 Å². The maximum absolute atomic E-state index is 12.8. The molecule has 168 valence electrons. The predicted molar refractivity (Wildman–Crippen MR) is 118 cm³/mol. The summed E-state index contributed by atoms with van der Waals surface area (Å²) in [6.07, 6.45) is -0.0314. The summed E-state index contributed by atoms with van der Waals surface area (Å²) in [5.41, 5.74) is 0.497. The largest absolute Gasteiger partial charge is 0.494 e. The SMILES string of the molecule is CCOc1ccc(C(=O)N[C@H](C(=O)NC[C@H]2CN(CC(C)C)CCO2)C(C)C)cc1. The molecule has 1 aliphatic heterocycles. The van der Waals surface area contributed by atoms with Crippen LogP contribution in [0.3, 0.4) is 0 Å². The second kappa shape index (κ2) is 11.9. The smallest absolute Gasteiger partial charge is 0.251 e. The molecule has 0 spiro atoms. The lowest BCUT2D eigenvalue weighted by atomic mass is 10.0. The van der Waals surface area contributed by atoms with Crippen LogP contribution in [-0.4, -0.2) is 68.3 Å². The molecule has 2 N–H and O–H groups in total. The molecule has 0 aromatic heterocycles. The number of ether oxygens (including phenoxy) is 2. The first-order chi connectivity index (χ1) is 14.3. The van der Waals surface area contributed by atoms with Crippen LogP contribution in [0.2, 0.25) is 0 Å². The zero-order chi connectivity index (χ0) is 22.1. The van der Waals surface area contributed by atoms with Crippen molar-refractivity contribution >= 4 is 11.8 Å². The molecule has 1 fully saturated rings. The van der Waals surface area contributed by atoms with E-state index in [0.717, 1.165) is 19.6 Å². The number of benzene rings is 1. The highest BCUT2D eigenvalue weighted by Crippen LogP contribution is 2.13. The lowest BCUT2D eigenvalue weighted by Crippen LogP contribution is -2.53. The molecule has 2 rings (SSSR count). The molecule has 1 aromatic carbocycles. The van der Waals surface area contributed by atoms with Crippen LogP contribution in [0.4, 0.5) is 0 Å². The molecule has 1 saturated heterocycles. The fraction of sp³-hybridized carbons (Fsp3) is 0.652. The lowest BCUT2D eigenvalue weighted by Gasteiger charge is -2.34. The lowest BCUT2D eigenvalue weighted by molar-refractivity contribution is -0.125. The Morgan fingerprint density at radius 2 is 1.90 bits per heavy atom. The molecule has 0 bridgehead atoms. The van der Waals surface area contributed by atoms with Gasteiger partial charge in [-0.1, -0.05) is 27.7 Å². The first kappa shape index (κ1) is 24.2.